The largest absolute Gasteiger partial charge is 0.361 e. The molecule has 6 heteroatoms. The fourth-order valence-electron chi connectivity index (χ4n) is 1.10. The lowest BCUT2D eigenvalue weighted by Gasteiger charge is -2.17. The summed E-state index contributed by atoms with van der Waals surface area (Å²) < 4.78 is 0.705. The highest BCUT2D eigenvalue weighted by atomic mass is 79.9. The van der Waals surface area contributed by atoms with Gasteiger partial charge in [-0.3, -0.25) is 4.79 Å². The smallest absolute Gasteiger partial charge is 0.239 e. The zero-order valence-corrected chi connectivity index (χ0v) is 12.1. The summed E-state index contributed by atoms with van der Waals surface area (Å²) >= 11 is 3.34. The zero-order chi connectivity index (χ0) is 13.1. The predicted octanol–water partition coefficient (Wildman–Crippen LogP) is 1.69. The standard InChI is InChI=1S/C11H17BrN4O/c1-11(2,3)10-15-7(12)5-8(16-10)14-6-9(17)13-4/h5H,6H2,1-4H3,(H,13,17)(H,14,15,16). The van der Waals surface area contributed by atoms with E-state index in [4.69, 9.17) is 0 Å². The number of nitrogens with one attached hydrogen (secondary N) is 2. The number of anilines is 1. The quantitative estimate of drug-likeness (QED) is 0.834. The van der Waals surface area contributed by atoms with Gasteiger partial charge in [-0.1, -0.05) is 20.8 Å². The number of carbonyl (C=O) groups is 1. The fraction of sp³-hybridized carbons (Fsp3) is 0.545. The molecule has 0 fully saturated rings. The van der Waals surface area contributed by atoms with Crippen LogP contribution in [-0.2, 0) is 10.2 Å². The van der Waals surface area contributed by atoms with Crippen LogP contribution in [0.15, 0.2) is 10.7 Å². The molecule has 0 atom stereocenters. The van der Waals surface area contributed by atoms with E-state index in [-0.39, 0.29) is 17.9 Å². The molecule has 0 bridgehead atoms. The number of carbonyl (C=O) groups excluding carboxylic acids is 1. The van der Waals surface area contributed by atoms with Crippen LogP contribution in [0.25, 0.3) is 0 Å². The molecular weight excluding hydrogens is 284 g/mol. The van der Waals surface area contributed by atoms with Gasteiger partial charge < -0.3 is 10.6 Å². The normalized spacial score (nSPS) is 11.1. The van der Waals surface area contributed by atoms with Gasteiger partial charge in [-0.15, -0.1) is 0 Å². The van der Waals surface area contributed by atoms with E-state index >= 15 is 0 Å². The molecule has 2 N–H and O–H groups in total. The third kappa shape index (κ3) is 4.30. The Morgan fingerprint density at radius 3 is 2.59 bits per heavy atom. The Balaban J connectivity index is 2.87. The molecule has 0 saturated heterocycles. The third-order valence-electron chi connectivity index (χ3n) is 2.07. The Morgan fingerprint density at radius 1 is 1.41 bits per heavy atom. The minimum absolute atomic E-state index is 0.0861. The Labute approximate surface area is 110 Å². The minimum atomic E-state index is -0.132. The van der Waals surface area contributed by atoms with Crippen molar-refractivity contribution in [1.29, 1.82) is 0 Å². The molecule has 1 aromatic heterocycles. The van der Waals surface area contributed by atoms with Crippen molar-refractivity contribution in [3.8, 4) is 0 Å². The van der Waals surface area contributed by atoms with E-state index < -0.39 is 0 Å². The molecule has 1 aromatic rings. The van der Waals surface area contributed by atoms with Gasteiger partial charge in [0.15, 0.2) is 0 Å². The van der Waals surface area contributed by atoms with E-state index in [0.29, 0.717) is 10.4 Å². The zero-order valence-electron chi connectivity index (χ0n) is 10.5. The van der Waals surface area contributed by atoms with Gasteiger partial charge in [0.1, 0.15) is 16.2 Å². The van der Waals surface area contributed by atoms with Crippen LogP contribution >= 0.6 is 15.9 Å². The molecule has 17 heavy (non-hydrogen) atoms. The first kappa shape index (κ1) is 13.9. The molecule has 1 heterocycles. The molecule has 0 unspecified atom stereocenters. The maximum absolute atomic E-state index is 11.1. The average molecular weight is 301 g/mol. The van der Waals surface area contributed by atoms with Gasteiger partial charge in [0.05, 0.1) is 6.54 Å². The summed E-state index contributed by atoms with van der Waals surface area (Å²) in [6.45, 7) is 6.31. The Hall–Kier alpha value is -1.17. The van der Waals surface area contributed by atoms with Crippen LogP contribution in [0.2, 0.25) is 0 Å². The van der Waals surface area contributed by atoms with E-state index in [9.17, 15) is 4.79 Å². The minimum Gasteiger partial charge on any atom is -0.361 e. The van der Waals surface area contributed by atoms with Gasteiger partial charge in [0.25, 0.3) is 0 Å². The van der Waals surface area contributed by atoms with E-state index in [1.54, 1.807) is 13.1 Å². The van der Waals surface area contributed by atoms with Crippen LogP contribution in [0.5, 0.6) is 0 Å². The van der Waals surface area contributed by atoms with E-state index in [0.717, 1.165) is 5.82 Å². The number of rotatable bonds is 3. The molecule has 5 nitrogen and oxygen atoms in total. The van der Waals surface area contributed by atoms with Crippen molar-refractivity contribution in [1.82, 2.24) is 15.3 Å². The van der Waals surface area contributed by atoms with Crippen LogP contribution in [0.4, 0.5) is 5.82 Å². The summed E-state index contributed by atoms with van der Waals surface area (Å²) in [6.07, 6.45) is 0. The van der Waals surface area contributed by atoms with Gasteiger partial charge in [-0.25, -0.2) is 9.97 Å². The number of halogens is 1. The molecule has 0 aromatic carbocycles. The number of hydrogen-bond donors (Lipinski definition) is 2. The number of aromatic nitrogens is 2. The van der Waals surface area contributed by atoms with Crippen molar-refractivity contribution in [3.05, 3.63) is 16.5 Å². The van der Waals surface area contributed by atoms with Gasteiger partial charge in [0.2, 0.25) is 5.91 Å². The number of hydrogen-bond acceptors (Lipinski definition) is 4. The lowest BCUT2D eigenvalue weighted by molar-refractivity contribution is -0.118. The Kier molecular flexibility index (Phi) is 4.45. The van der Waals surface area contributed by atoms with Crippen LogP contribution in [0.1, 0.15) is 26.6 Å². The topological polar surface area (TPSA) is 66.9 Å². The Bertz CT molecular complexity index is 414. The van der Waals surface area contributed by atoms with Crippen LogP contribution < -0.4 is 10.6 Å². The second-order valence-electron chi connectivity index (χ2n) is 4.68. The van der Waals surface area contributed by atoms with E-state index in [1.165, 1.54) is 0 Å². The molecule has 0 aliphatic carbocycles. The molecule has 0 aliphatic heterocycles. The SMILES string of the molecule is CNC(=O)CNc1cc(Br)nc(C(C)(C)C)n1. The number of nitrogens with zero attached hydrogens (tertiary/aromatic N) is 2. The first-order chi connectivity index (χ1) is 7.82. The lowest BCUT2D eigenvalue weighted by atomic mass is 9.96. The highest BCUT2D eigenvalue weighted by molar-refractivity contribution is 9.10. The first-order valence-corrected chi connectivity index (χ1v) is 6.11. The van der Waals surface area contributed by atoms with Gasteiger partial charge in [-0.05, 0) is 15.9 Å². The highest BCUT2D eigenvalue weighted by Gasteiger charge is 2.18. The highest BCUT2D eigenvalue weighted by Crippen LogP contribution is 2.22. The monoisotopic (exact) mass is 300 g/mol. The van der Waals surface area contributed by atoms with Crippen molar-refractivity contribution < 1.29 is 4.79 Å². The van der Waals surface area contributed by atoms with Gasteiger partial charge >= 0.3 is 0 Å². The predicted molar refractivity (Wildman–Crippen MR) is 71.0 cm³/mol. The van der Waals surface area contributed by atoms with Crippen molar-refractivity contribution >= 4 is 27.7 Å². The van der Waals surface area contributed by atoms with Crippen LogP contribution in [0.3, 0.4) is 0 Å². The average Bonchev–Trinajstić information content (AvgIpc) is 2.24. The maximum atomic E-state index is 11.1. The van der Waals surface area contributed by atoms with Crippen LogP contribution in [-0.4, -0.2) is 29.5 Å². The van der Waals surface area contributed by atoms with E-state index in [1.807, 2.05) is 20.8 Å². The van der Waals surface area contributed by atoms with Gasteiger partial charge in [0, 0.05) is 18.5 Å². The summed E-state index contributed by atoms with van der Waals surface area (Å²) in [7, 11) is 1.60. The second-order valence-corrected chi connectivity index (χ2v) is 5.49. The first-order valence-electron chi connectivity index (χ1n) is 5.32. The molecule has 1 amide bonds. The maximum Gasteiger partial charge on any atom is 0.239 e. The van der Waals surface area contributed by atoms with Crippen molar-refractivity contribution in [2.45, 2.75) is 26.2 Å². The van der Waals surface area contributed by atoms with Crippen molar-refractivity contribution in [2.24, 2.45) is 0 Å². The van der Waals surface area contributed by atoms with Crippen molar-refractivity contribution in [2.75, 3.05) is 18.9 Å². The molecular formula is C11H17BrN4O. The van der Waals surface area contributed by atoms with Gasteiger partial charge in [-0.2, -0.15) is 0 Å². The summed E-state index contributed by atoms with van der Waals surface area (Å²) in [5.41, 5.74) is -0.132. The van der Waals surface area contributed by atoms with E-state index in [2.05, 4.69) is 36.5 Å². The van der Waals surface area contributed by atoms with Crippen LogP contribution in [0, 0.1) is 0 Å². The molecule has 0 aliphatic rings. The molecule has 0 saturated carbocycles. The number of likely N-dealkylation sites (N-methyl/N-ethyl adjacent to an activating group) is 1. The fourth-order valence-corrected chi connectivity index (χ4v) is 1.49. The third-order valence-corrected chi connectivity index (χ3v) is 2.48. The van der Waals surface area contributed by atoms with Crippen molar-refractivity contribution in [3.63, 3.8) is 0 Å². The Morgan fingerprint density at radius 2 is 2.06 bits per heavy atom. The molecule has 1 rings (SSSR count). The summed E-state index contributed by atoms with van der Waals surface area (Å²) in [5.74, 6) is 1.28. The lowest BCUT2D eigenvalue weighted by Crippen LogP contribution is -2.27. The second kappa shape index (κ2) is 5.44. The molecule has 0 radical (unpaired) electrons. The summed E-state index contributed by atoms with van der Waals surface area (Å²) in [6, 6.07) is 1.75. The number of amides is 1. The summed E-state index contributed by atoms with van der Waals surface area (Å²) in [4.78, 5) is 19.8. The molecule has 0 spiro atoms. The molecule has 94 valence electrons. The summed E-state index contributed by atoms with van der Waals surface area (Å²) in [5, 5.41) is 5.49.